The van der Waals surface area contributed by atoms with E-state index in [1.54, 1.807) is 18.2 Å². The molecule has 1 rings (SSSR count). The van der Waals surface area contributed by atoms with Gasteiger partial charge < -0.3 is 10.1 Å². The maximum Gasteiger partial charge on any atom is 0.215 e. The van der Waals surface area contributed by atoms with Gasteiger partial charge in [0.05, 0.1) is 25.1 Å². The van der Waals surface area contributed by atoms with Gasteiger partial charge in [0, 0.05) is 0 Å². The van der Waals surface area contributed by atoms with E-state index in [2.05, 4.69) is 16.0 Å². The Labute approximate surface area is 108 Å². The van der Waals surface area contributed by atoms with Crippen molar-refractivity contribution in [2.24, 2.45) is 0 Å². The second-order valence-electron chi connectivity index (χ2n) is 3.56. The van der Waals surface area contributed by atoms with Crippen molar-refractivity contribution in [2.45, 2.75) is 5.75 Å². The molecule has 0 amide bonds. The Morgan fingerprint density at radius 3 is 2.72 bits per heavy atom. The van der Waals surface area contributed by atoms with Crippen LogP contribution in [0, 0.1) is 12.3 Å². The molecule has 0 aliphatic carbocycles. The molecule has 98 valence electrons. The molecule has 0 aliphatic heterocycles. The van der Waals surface area contributed by atoms with Crippen LogP contribution >= 0.6 is 0 Å². The number of hydrogen-bond donors (Lipinski definition) is 2. The van der Waals surface area contributed by atoms with E-state index < -0.39 is 10.0 Å². The van der Waals surface area contributed by atoms with Gasteiger partial charge in [-0.15, -0.1) is 6.42 Å². The molecule has 1 aromatic carbocycles. The summed E-state index contributed by atoms with van der Waals surface area (Å²) < 4.78 is 30.3. The van der Waals surface area contributed by atoms with Crippen molar-refractivity contribution in [1.29, 1.82) is 0 Å². The maximum atomic E-state index is 11.4. The van der Waals surface area contributed by atoms with Crippen LogP contribution in [0.1, 0.15) is 5.56 Å². The zero-order chi connectivity index (χ0) is 13.6. The van der Waals surface area contributed by atoms with Crippen molar-refractivity contribution < 1.29 is 13.2 Å². The highest BCUT2D eigenvalue weighted by Crippen LogP contribution is 2.26. The Morgan fingerprint density at radius 2 is 2.17 bits per heavy atom. The molecule has 5 nitrogen and oxygen atoms in total. The van der Waals surface area contributed by atoms with Crippen LogP contribution < -0.4 is 14.8 Å². The summed E-state index contributed by atoms with van der Waals surface area (Å²) in [6.07, 6.45) is 5.16. The van der Waals surface area contributed by atoms with Crippen LogP contribution in [-0.2, 0) is 15.8 Å². The number of methoxy groups -OCH3 is 1. The van der Waals surface area contributed by atoms with Gasteiger partial charge in [0.2, 0.25) is 10.0 Å². The van der Waals surface area contributed by atoms with Crippen LogP contribution in [0.25, 0.3) is 0 Å². The van der Waals surface area contributed by atoms with Crippen LogP contribution in [0.4, 0.5) is 5.69 Å². The fraction of sp³-hybridized carbons (Fsp3) is 0.333. The average molecular weight is 268 g/mol. The molecule has 2 N–H and O–H groups in total. The van der Waals surface area contributed by atoms with Crippen molar-refractivity contribution in [3.63, 3.8) is 0 Å². The van der Waals surface area contributed by atoms with E-state index in [1.165, 1.54) is 14.2 Å². The standard InChI is InChI=1S/C12H16N2O3S/c1-4-7-14-11-6-5-10(8-12(11)17-3)9-18(15,16)13-2/h1,5-6,8,13-14H,7,9H2,2-3H3. The Balaban J connectivity index is 2.95. The Morgan fingerprint density at radius 1 is 1.44 bits per heavy atom. The lowest BCUT2D eigenvalue weighted by molar-refractivity contribution is 0.416. The zero-order valence-corrected chi connectivity index (χ0v) is 11.2. The first-order valence-corrected chi connectivity index (χ1v) is 6.93. The fourth-order valence-electron chi connectivity index (χ4n) is 1.41. The lowest BCUT2D eigenvalue weighted by Crippen LogP contribution is -2.20. The van der Waals surface area contributed by atoms with E-state index in [0.29, 0.717) is 17.9 Å². The van der Waals surface area contributed by atoms with Crippen LogP contribution in [0.15, 0.2) is 18.2 Å². The summed E-state index contributed by atoms with van der Waals surface area (Å²) in [6, 6.07) is 5.14. The first kappa shape index (κ1) is 14.4. The predicted molar refractivity (Wildman–Crippen MR) is 72.0 cm³/mol. The smallest absolute Gasteiger partial charge is 0.215 e. The minimum atomic E-state index is -3.29. The molecule has 6 heteroatoms. The molecule has 18 heavy (non-hydrogen) atoms. The van der Waals surface area contributed by atoms with E-state index in [4.69, 9.17) is 11.2 Å². The van der Waals surface area contributed by atoms with Crippen LogP contribution in [-0.4, -0.2) is 29.1 Å². The number of terminal acetylenes is 1. The molecule has 1 aromatic rings. The topological polar surface area (TPSA) is 67.4 Å². The SMILES string of the molecule is C#CCNc1ccc(CS(=O)(=O)NC)cc1OC. The number of nitrogens with one attached hydrogen (secondary N) is 2. The zero-order valence-electron chi connectivity index (χ0n) is 10.4. The summed E-state index contributed by atoms with van der Waals surface area (Å²) in [6.45, 7) is 0.379. The Hall–Kier alpha value is -1.71. The van der Waals surface area contributed by atoms with Gasteiger partial charge in [0.1, 0.15) is 5.75 Å². The van der Waals surface area contributed by atoms with E-state index >= 15 is 0 Å². The normalized spacial score (nSPS) is 10.7. The fourth-order valence-corrected chi connectivity index (χ4v) is 2.17. The van der Waals surface area contributed by atoms with Gasteiger partial charge in [-0.1, -0.05) is 12.0 Å². The van der Waals surface area contributed by atoms with Gasteiger partial charge in [0.25, 0.3) is 0 Å². The van der Waals surface area contributed by atoms with E-state index in [1.807, 2.05) is 0 Å². The molecule has 0 aromatic heterocycles. The van der Waals surface area contributed by atoms with E-state index in [0.717, 1.165) is 5.69 Å². The first-order chi connectivity index (χ1) is 8.52. The summed E-state index contributed by atoms with van der Waals surface area (Å²) in [4.78, 5) is 0. The maximum absolute atomic E-state index is 11.4. The molecule has 0 saturated heterocycles. The highest BCUT2D eigenvalue weighted by Gasteiger charge is 2.11. The summed E-state index contributed by atoms with van der Waals surface area (Å²) in [7, 11) is -0.381. The molecular formula is C12H16N2O3S. The Kier molecular flexibility index (Phi) is 5.01. The second-order valence-corrected chi connectivity index (χ2v) is 5.48. The molecule has 0 atom stereocenters. The lowest BCUT2D eigenvalue weighted by Gasteiger charge is -2.11. The third-order valence-electron chi connectivity index (χ3n) is 2.31. The third kappa shape index (κ3) is 3.95. The molecule has 0 unspecified atom stereocenters. The second kappa shape index (κ2) is 6.28. The Bertz CT molecular complexity index is 547. The van der Waals surface area contributed by atoms with Gasteiger partial charge in [-0.05, 0) is 24.7 Å². The van der Waals surface area contributed by atoms with E-state index in [-0.39, 0.29) is 5.75 Å². The summed E-state index contributed by atoms with van der Waals surface area (Å²) in [5.74, 6) is 2.93. The van der Waals surface area contributed by atoms with Crippen LogP contribution in [0.2, 0.25) is 0 Å². The van der Waals surface area contributed by atoms with Crippen LogP contribution in [0.5, 0.6) is 5.75 Å². The number of anilines is 1. The number of sulfonamides is 1. The molecule has 0 aliphatic rings. The quantitative estimate of drug-likeness (QED) is 0.749. The molecule has 0 saturated carbocycles. The molecular weight excluding hydrogens is 252 g/mol. The lowest BCUT2D eigenvalue weighted by atomic mass is 10.2. The highest BCUT2D eigenvalue weighted by molar-refractivity contribution is 7.88. The van der Waals surface area contributed by atoms with Crippen molar-refractivity contribution in [2.75, 3.05) is 26.0 Å². The van der Waals surface area contributed by atoms with E-state index in [9.17, 15) is 8.42 Å². The summed E-state index contributed by atoms with van der Waals surface area (Å²) >= 11 is 0. The molecule has 0 fully saturated rings. The highest BCUT2D eigenvalue weighted by atomic mass is 32.2. The number of hydrogen-bond acceptors (Lipinski definition) is 4. The largest absolute Gasteiger partial charge is 0.495 e. The van der Waals surface area contributed by atoms with Crippen LogP contribution in [0.3, 0.4) is 0 Å². The van der Waals surface area contributed by atoms with Gasteiger partial charge >= 0.3 is 0 Å². The van der Waals surface area contributed by atoms with Crippen molar-refractivity contribution in [3.05, 3.63) is 23.8 Å². The summed E-state index contributed by atoms with van der Waals surface area (Å²) in [5, 5.41) is 2.99. The first-order valence-electron chi connectivity index (χ1n) is 5.28. The molecule has 0 bridgehead atoms. The van der Waals surface area contributed by atoms with Crippen molar-refractivity contribution >= 4 is 15.7 Å². The molecule has 0 spiro atoms. The minimum Gasteiger partial charge on any atom is -0.495 e. The van der Waals surface area contributed by atoms with Crippen molar-refractivity contribution in [3.8, 4) is 18.1 Å². The molecule has 0 radical (unpaired) electrons. The van der Waals surface area contributed by atoms with Gasteiger partial charge in [-0.2, -0.15) is 0 Å². The third-order valence-corrected chi connectivity index (χ3v) is 3.65. The average Bonchev–Trinajstić information content (AvgIpc) is 2.36. The monoisotopic (exact) mass is 268 g/mol. The van der Waals surface area contributed by atoms with Crippen molar-refractivity contribution in [1.82, 2.24) is 4.72 Å². The number of rotatable bonds is 6. The van der Waals surface area contributed by atoms with Gasteiger partial charge in [-0.3, -0.25) is 0 Å². The number of ether oxygens (including phenoxy) is 1. The van der Waals surface area contributed by atoms with Gasteiger partial charge in [0.15, 0.2) is 0 Å². The van der Waals surface area contributed by atoms with Gasteiger partial charge in [-0.25, -0.2) is 13.1 Å². The predicted octanol–water partition coefficient (Wildman–Crippen LogP) is 0.789. The minimum absolute atomic E-state index is 0.0880. The molecule has 0 heterocycles. The number of benzene rings is 1. The summed E-state index contributed by atoms with van der Waals surface area (Å²) in [5.41, 5.74) is 1.38.